The van der Waals surface area contributed by atoms with E-state index in [1.54, 1.807) is 0 Å². The molecule has 1 amide bonds. The van der Waals surface area contributed by atoms with Crippen LogP contribution in [0, 0.1) is 13.8 Å². The average Bonchev–Trinajstić information content (AvgIpc) is 2.30. The summed E-state index contributed by atoms with van der Waals surface area (Å²) in [6.07, 6.45) is -1.04. The monoisotopic (exact) mass is 265 g/mol. The summed E-state index contributed by atoms with van der Waals surface area (Å²) >= 11 is 0. The summed E-state index contributed by atoms with van der Waals surface area (Å²) in [6, 6.07) is 4.48. The zero-order chi connectivity index (χ0) is 14.6. The Balaban J connectivity index is 2.74. The topological polar surface area (TPSA) is 86.6 Å². The standard InChI is InChI=1S/C14H19NO4/c1-8-4-5-9(2)11(6-8)7-12(17)15-13(10(3)16)14(18)19/h4-6,10,13,16H,7H2,1-3H3,(H,15,17)(H,18,19)/t10-,13+/m1/s1. The van der Waals surface area contributed by atoms with Crippen molar-refractivity contribution in [3.05, 3.63) is 34.9 Å². The van der Waals surface area contributed by atoms with Crippen molar-refractivity contribution in [2.24, 2.45) is 0 Å². The second kappa shape index (κ2) is 6.33. The van der Waals surface area contributed by atoms with Gasteiger partial charge in [-0.05, 0) is 31.9 Å². The van der Waals surface area contributed by atoms with Crippen molar-refractivity contribution in [3.8, 4) is 0 Å². The summed E-state index contributed by atoms with van der Waals surface area (Å²) in [5.74, 6) is -1.66. The quantitative estimate of drug-likeness (QED) is 0.735. The van der Waals surface area contributed by atoms with Gasteiger partial charge in [0.25, 0.3) is 0 Å². The van der Waals surface area contributed by atoms with Crippen LogP contribution < -0.4 is 5.32 Å². The van der Waals surface area contributed by atoms with E-state index in [0.29, 0.717) is 0 Å². The molecule has 0 aliphatic rings. The molecule has 0 saturated carbocycles. The summed E-state index contributed by atoms with van der Waals surface area (Å²) in [6.45, 7) is 5.15. The van der Waals surface area contributed by atoms with Crippen LogP contribution in [0.2, 0.25) is 0 Å². The van der Waals surface area contributed by atoms with E-state index in [1.807, 2.05) is 32.0 Å². The molecule has 104 valence electrons. The van der Waals surface area contributed by atoms with Crippen LogP contribution in [0.1, 0.15) is 23.6 Å². The Bertz CT molecular complexity index is 482. The Labute approximate surface area is 112 Å². The lowest BCUT2D eigenvalue weighted by molar-refractivity contribution is -0.144. The van der Waals surface area contributed by atoms with Crippen molar-refractivity contribution in [3.63, 3.8) is 0 Å². The van der Waals surface area contributed by atoms with Crippen LogP contribution in [-0.4, -0.2) is 34.2 Å². The molecule has 0 saturated heterocycles. The molecule has 1 rings (SSSR count). The van der Waals surface area contributed by atoms with Crippen LogP contribution >= 0.6 is 0 Å². The smallest absolute Gasteiger partial charge is 0.328 e. The van der Waals surface area contributed by atoms with Gasteiger partial charge < -0.3 is 15.5 Å². The number of aliphatic hydroxyl groups excluding tert-OH is 1. The first-order valence-corrected chi connectivity index (χ1v) is 6.07. The maximum Gasteiger partial charge on any atom is 0.328 e. The van der Waals surface area contributed by atoms with Gasteiger partial charge in [-0.25, -0.2) is 4.79 Å². The van der Waals surface area contributed by atoms with E-state index >= 15 is 0 Å². The van der Waals surface area contributed by atoms with Crippen LogP contribution in [0.15, 0.2) is 18.2 Å². The summed E-state index contributed by atoms with van der Waals surface area (Å²) in [7, 11) is 0. The van der Waals surface area contributed by atoms with Crippen molar-refractivity contribution in [1.29, 1.82) is 0 Å². The van der Waals surface area contributed by atoms with Crippen molar-refractivity contribution >= 4 is 11.9 Å². The van der Waals surface area contributed by atoms with Crippen molar-refractivity contribution in [1.82, 2.24) is 5.32 Å². The number of carbonyl (C=O) groups excluding carboxylic acids is 1. The Morgan fingerprint density at radius 2 is 1.95 bits per heavy atom. The number of carboxylic acids is 1. The lowest BCUT2D eigenvalue weighted by Gasteiger charge is -2.17. The van der Waals surface area contributed by atoms with Gasteiger partial charge in [0.15, 0.2) is 6.04 Å². The Morgan fingerprint density at radius 1 is 1.32 bits per heavy atom. The van der Waals surface area contributed by atoms with Crippen LogP contribution in [0.5, 0.6) is 0 Å². The van der Waals surface area contributed by atoms with Crippen molar-refractivity contribution in [2.45, 2.75) is 39.3 Å². The van der Waals surface area contributed by atoms with Gasteiger partial charge in [0.05, 0.1) is 12.5 Å². The number of hydrogen-bond acceptors (Lipinski definition) is 3. The van der Waals surface area contributed by atoms with Gasteiger partial charge in [-0.3, -0.25) is 4.79 Å². The molecule has 5 heteroatoms. The molecular formula is C14H19NO4. The highest BCUT2D eigenvalue weighted by Gasteiger charge is 2.24. The number of nitrogens with one attached hydrogen (secondary N) is 1. The van der Waals surface area contributed by atoms with E-state index in [1.165, 1.54) is 6.92 Å². The molecule has 0 unspecified atom stereocenters. The number of aliphatic carboxylic acids is 1. The van der Waals surface area contributed by atoms with E-state index in [4.69, 9.17) is 5.11 Å². The largest absolute Gasteiger partial charge is 0.480 e. The number of carbonyl (C=O) groups is 2. The van der Waals surface area contributed by atoms with Gasteiger partial charge in [0.2, 0.25) is 5.91 Å². The highest BCUT2D eigenvalue weighted by molar-refractivity contribution is 5.85. The molecule has 0 aliphatic heterocycles. The molecule has 3 N–H and O–H groups in total. The molecular weight excluding hydrogens is 246 g/mol. The van der Waals surface area contributed by atoms with Crippen LogP contribution in [-0.2, 0) is 16.0 Å². The summed E-state index contributed by atoms with van der Waals surface area (Å²) in [4.78, 5) is 22.7. The molecule has 1 aromatic rings. The third kappa shape index (κ3) is 4.37. The maximum atomic E-state index is 11.8. The molecule has 19 heavy (non-hydrogen) atoms. The van der Waals surface area contributed by atoms with E-state index in [9.17, 15) is 14.7 Å². The Kier molecular flexibility index (Phi) is 5.06. The number of carboxylic acid groups (broad SMARTS) is 1. The third-order valence-electron chi connectivity index (χ3n) is 2.92. The van der Waals surface area contributed by atoms with Crippen molar-refractivity contribution in [2.75, 3.05) is 0 Å². The fourth-order valence-electron chi connectivity index (χ4n) is 1.78. The molecule has 0 radical (unpaired) electrons. The highest BCUT2D eigenvalue weighted by Crippen LogP contribution is 2.11. The first-order chi connectivity index (χ1) is 8.81. The molecule has 0 aromatic heterocycles. The zero-order valence-electron chi connectivity index (χ0n) is 11.3. The van der Waals surface area contributed by atoms with Crippen molar-refractivity contribution < 1.29 is 19.8 Å². The minimum absolute atomic E-state index is 0.101. The Morgan fingerprint density at radius 3 is 2.47 bits per heavy atom. The number of amides is 1. The molecule has 2 atom stereocenters. The van der Waals surface area contributed by atoms with Gasteiger partial charge >= 0.3 is 5.97 Å². The molecule has 1 aromatic carbocycles. The first-order valence-electron chi connectivity index (χ1n) is 6.07. The van der Waals surface area contributed by atoms with Gasteiger partial charge in [0, 0.05) is 0 Å². The van der Waals surface area contributed by atoms with E-state index in [-0.39, 0.29) is 6.42 Å². The van der Waals surface area contributed by atoms with E-state index < -0.39 is 24.0 Å². The van der Waals surface area contributed by atoms with E-state index in [2.05, 4.69) is 5.32 Å². The van der Waals surface area contributed by atoms with Gasteiger partial charge in [0.1, 0.15) is 0 Å². The minimum atomic E-state index is -1.28. The van der Waals surface area contributed by atoms with Crippen LogP contribution in [0.3, 0.4) is 0 Å². The highest BCUT2D eigenvalue weighted by atomic mass is 16.4. The zero-order valence-corrected chi connectivity index (χ0v) is 11.3. The lowest BCUT2D eigenvalue weighted by Crippen LogP contribution is -2.48. The summed E-state index contributed by atoms with van der Waals surface area (Å²) < 4.78 is 0. The Hall–Kier alpha value is -1.88. The summed E-state index contributed by atoms with van der Waals surface area (Å²) in [5, 5.41) is 20.5. The number of hydrogen-bond donors (Lipinski definition) is 3. The van der Waals surface area contributed by atoms with Crippen LogP contribution in [0.4, 0.5) is 0 Å². The third-order valence-corrected chi connectivity index (χ3v) is 2.92. The minimum Gasteiger partial charge on any atom is -0.480 e. The SMILES string of the molecule is Cc1ccc(C)c(CC(=O)N[C@H](C(=O)O)[C@@H](C)O)c1. The summed E-state index contributed by atoms with van der Waals surface area (Å²) in [5.41, 5.74) is 2.87. The van der Waals surface area contributed by atoms with Gasteiger partial charge in [-0.1, -0.05) is 23.8 Å². The fourth-order valence-corrected chi connectivity index (χ4v) is 1.78. The average molecular weight is 265 g/mol. The van der Waals surface area contributed by atoms with Gasteiger partial charge in [-0.2, -0.15) is 0 Å². The number of aliphatic hydroxyl groups is 1. The van der Waals surface area contributed by atoms with Gasteiger partial charge in [-0.15, -0.1) is 0 Å². The lowest BCUT2D eigenvalue weighted by atomic mass is 10.0. The fraction of sp³-hybridized carbons (Fsp3) is 0.429. The molecule has 0 spiro atoms. The molecule has 0 bridgehead atoms. The normalized spacial score (nSPS) is 13.7. The van der Waals surface area contributed by atoms with Crippen LogP contribution in [0.25, 0.3) is 0 Å². The number of rotatable bonds is 5. The second-order valence-corrected chi connectivity index (χ2v) is 4.73. The molecule has 0 fully saturated rings. The number of aryl methyl sites for hydroxylation is 2. The maximum absolute atomic E-state index is 11.8. The predicted octanol–water partition coefficient (Wildman–Crippen LogP) is 0.796. The molecule has 5 nitrogen and oxygen atoms in total. The van der Waals surface area contributed by atoms with E-state index in [0.717, 1.165) is 16.7 Å². The first kappa shape index (κ1) is 15.2. The molecule has 0 aliphatic carbocycles. The molecule has 0 heterocycles. The number of benzene rings is 1. The predicted molar refractivity (Wildman–Crippen MR) is 70.9 cm³/mol. The second-order valence-electron chi connectivity index (χ2n) is 4.73.